The molecule has 0 unspecified atom stereocenters. The second-order valence-corrected chi connectivity index (χ2v) is 11.5. The van der Waals surface area contributed by atoms with Crippen LogP contribution in [0, 0.1) is 5.41 Å². The van der Waals surface area contributed by atoms with Gasteiger partial charge in [-0.05, 0) is 55.5 Å². The number of nitrogens with one attached hydrogen (secondary N) is 3. The number of amidine groups is 1. The number of anilines is 1. The van der Waals surface area contributed by atoms with Crippen molar-refractivity contribution >= 4 is 41.2 Å². The Hall–Kier alpha value is -5.76. The van der Waals surface area contributed by atoms with Gasteiger partial charge in [-0.1, -0.05) is 60.7 Å². The minimum atomic E-state index is -1.02. The van der Waals surface area contributed by atoms with Crippen LogP contribution in [-0.4, -0.2) is 72.6 Å². The molecular weight excluding hydrogens is 658 g/mol. The van der Waals surface area contributed by atoms with Crippen LogP contribution in [-0.2, 0) is 53.0 Å². The van der Waals surface area contributed by atoms with Crippen molar-refractivity contribution < 1.29 is 43.3 Å². The topological polar surface area (TPSA) is 210 Å². The number of rotatable bonds is 16. The molecule has 14 heteroatoms. The minimum absolute atomic E-state index is 0.0261. The summed E-state index contributed by atoms with van der Waals surface area (Å²) in [5.74, 6) is -2.01. The summed E-state index contributed by atoms with van der Waals surface area (Å²) in [6.45, 7) is 5.30. The van der Waals surface area contributed by atoms with E-state index in [1.165, 1.54) is 0 Å². The van der Waals surface area contributed by atoms with E-state index in [4.69, 9.17) is 35.3 Å². The number of fused-ring (bicyclic) bond motifs is 1. The molecule has 0 saturated carbocycles. The zero-order valence-corrected chi connectivity index (χ0v) is 29.0. The summed E-state index contributed by atoms with van der Waals surface area (Å²) in [5.41, 5.74) is 9.40. The molecular formula is C37H45N5O9. The molecule has 0 saturated heterocycles. The maximum Gasteiger partial charge on any atom is 0.328 e. The van der Waals surface area contributed by atoms with Crippen molar-refractivity contribution in [2.24, 2.45) is 5.73 Å². The number of nitrogen functional groups attached to an aromatic ring is 1. The quantitative estimate of drug-likeness (QED) is 0.0831. The molecule has 0 aliphatic carbocycles. The highest BCUT2D eigenvalue weighted by Crippen LogP contribution is 2.34. The van der Waals surface area contributed by atoms with E-state index in [-0.39, 0.29) is 50.9 Å². The molecule has 3 aromatic rings. The number of carbonyl (C=O) groups excluding carboxylic acids is 4. The smallest absolute Gasteiger partial charge is 0.328 e. The molecule has 0 radical (unpaired) electrons. The summed E-state index contributed by atoms with van der Waals surface area (Å²) in [4.78, 5) is 61.7. The number of aliphatic carboxylic acids is 1. The van der Waals surface area contributed by atoms with Gasteiger partial charge in [0.25, 0.3) is 11.9 Å². The number of carbonyl (C=O) groups is 5. The lowest BCUT2D eigenvalue weighted by atomic mass is 10.0. The van der Waals surface area contributed by atoms with Gasteiger partial charge in [0.05, 0.1) is 31.5 Å². The minimum Gasteiger partial charge on any atom is -0.482 e. The van der Waals surface area contributed by atoms with E-state index >= 15 is 0 Å². The Labute approximate surface area is 296 Å². The van der Waals surface area contributed by atoms with E-state index < -0.39 is 35.9 Å². The van der Waals surface area contributed by atoms with E-state index in [2.05, 4.69) is 10.6 Å². The van der Waals surface area contributed by atoms with Gasteiger partial charge in [-0.25, -0.2) is 4.79 Å². The average molecular weight is 704 g/mol. The Balaban J connectivity index is 0.00000166. The summed E-state index contributed by atoms with van der Waals surface area (Å²) >= 11 is 0. The van der Waals surface area contributed by atoms with Gasteiger partial charge >= 0.3 is 11.9 Å². The fourth-order valence-corrected chi connectivity index (χ4v) is 5.11. The number of esters is 2. The van der Waals surface area contributed by atoms with E-state index in [0.717, 1.165) is 23.6 Å². The number of hydrogen-bond donors (Lipinski definition) is 5. The van der Waals surface area contributed by atoms with Gasteiger partial charge in [-0.3, -0.25) is 24.6 Å². The van der Waals surface area contributed by atoms with Gasteiger partial charge < -0.3 is 40.6 Å². The molecule has 1 aliphatic heterocycles. The van der Waals surface area contributed by atoms with Gasteiger partial charge in [0, 0.05) is 25.5 Å². The first-order chi connectivity index (χ1) is 24.4. The number of carboxylic acid groups (broad SMARTS) is 1. The number of ether oxygens (including phenoxy) is 3. The van der Waals surface area contributed by atoms with Crippen LogP contribution in [0.25, 0.3) is 0 Å². The van der Waals surface area contributed by atoms with Gasteiger partial charge in [0.2, 0.25) is 5.91 Å². The molecule has 0 bridgehead atoms. The fraction of sp³-hybridized carbons (Fsp3) is 0.351. The Morgan fingerprint density at radius 2 is 1.59 bits per heavy atom. The summed E-state index contributed by atoms with van der Waals surface area (Å²) in [7, 11) is 0. The van der Waals surface area contributed by atoms with E-state index in [1.54, 1.807) is 30.9 Å². The number of benzene rings is 3. The molecule has 0 fully saturated rings. The van der Waals surface area contributed by atoms with Crippen LogP contribution in [0.2, 0.25) is 0 Å². The molecule has 4 rings (SSSR count). The van der Waals surface area contributed by atoms with Crippen LogP contribution in [0.4, 0.5) is 5.69 Å². The lowest BCUT2D eigenvalue weighted by Gasteiger charge is -2.30. The molecule has 272 valence electrons. The highest BCUT2D eigenvalue weighted by Gasteiger charge is 2.29. The predicted octanol–water partition coefficient (Wildman–Crippen LogP) is 3.08. The van der Waals surface area contributed by atoms with Crippen LogP contribution in [0.1, 0.15) is 55.9 Å². The van der Waals surface area contributed by atoms with Crippen LogP contribution in [0.15, 0.2) is 72.8 Å². The molecule has 0 spiro atoms. The van der Waals surface area contributed by atoms with Crippen molar-refractivity contribution in [3.8, 4) is 5.75 Å². The average Bonchev–Trinajstić information content (AvgIpc) is 3.10. The first-order valence-electron chi connectivity index (χ1n) is 16.5. The maximum absolute atomic E-state index is 13.6. The molecule has 51 heavy (non-hydrogen) atoms. The summed E-state index contributed by atoms with van der Waals surface area (Å²) in [6.07, 6.45) is 0.332. The van der Waals surface area contributed by atoms with Crippen molar-refractivity contribution in [3.05, 3.63) is 95.1 Å². The molecule has 1 aliphatic rings. The van der Waals surface area contributed by atoms with E-state index in [0.29, 0.717) is 30.0 Å². The third-order valence-corrected chi connectivity index (χ3v) is 7.55. The first-order valence-corrected chi connectivity index (χ1v) is 16.5. The molecule has 6 N–H and O–H groups in total. The summed E-state index contributed by atoms with van der Waals surface area (Å²) < 4.78 is 15.9. The number of nitrogens with two attached hydrogens (primary N) is 1. The largest absolute Gasteiger partial charge is 0.482 e. The maximum atomic E-state index is 13.6. The van der Waals surface area contributed by atoms with E-state index in [1.807, 2.05) is 60.7 Å². The van der Waals surface area contributed by atoms with Crippen molar-refractivity contribution in [1.29, 1.82) is 5.41 Å². The Morgan fingerprint density at radius 3 is 2.22 bits per heavy atom. The van der Waals surface area contributed by atoms with Crippen LogP contribution in [0.5, 0.6) is 5.75 Å². The van der Waals surface area contributed by atoms with Crippen molar-refractivity contribution in [2.45, 2.75) is 65.2 Å². The van der Waals surface area contributed by atoms with Crippen molar-refractivity contribution in [3.63, 3.8) is 0 Å². The summed E-state index contributed by atoms with van der Waals surface area (Å²) in [5, 5.41) is 21.1. The predicted molar refractivity (Wildman–Crippen MR) is 189 cm³/mol. The van der Waals surface area contributed by atoms with Crippen LogP contribution in [0.3, 0.4) is 0 Å². The first kappa shape index (κ1) is 39.7. The monoisotopic (exact) mass is 703 g/mol. The molecule has 0 aromatic heterocycles. The number of carboxylic acids is 1. The van der Waals surface area contributed by atoms with Crippen molar-refractivity contribution in [2.75, 3.05) is 24.7 Å². The molecule has 1 heterocycles. The van der Waals surface area contributed by atoms with Gasteiger partial charge in [-0.15, -0.1) is 0 Å². The zero-order valence-electron chi connectivity index (χ0n) is 29.0. The van der Waals surface area contributed by atoms with Gasteiger partial charge in [0.15, 0.2) is 6.61 Å². The highest BCUT2D eigenvalue weighted by atomic mass is 16.5. The fourth-order valence-electron chi connectivity index (χ4n) is 5.11. The van der Waals surface area contributed by atoms with Crippen LogP contribution >= 0.6 is 0 Å². The summed E-state index contributed by atoms with van der Waals surface area (Å²) in [6, 6.07) is 20.4. The second kappa shape index (κ2) is 20.0. The number of amides is 2. The SMILES string of the molecule is CC(=O)O.CCOC(=O)CC[C@H](NC(=O)[C@H](Cc1ccccc1)NCc1ccc2c(c1)OCC(=O)N2Cc1ccc(C(=N)N)cc1)C(=O)OCC. The normalized spacial score (nSPS) is 12.9. The van der Waals surface area contributed by atoms with Gasteiger partial charge in [0.1, 0.15) is 17.6 Å². The molecule has 3 aromatic carbocycles. The third kappa shape index (κ3) is 12.9. The molecule has 14 nitrogen and oxygen atoms in total. The molecule has 2 atom stereocenters. The molecule has 2 amide bonds. The Bertz CT molecular complexity index is 1660. The standard InChI is InChI=1S/C35H41N5O7.C2H4O2/c1-3-45-32(42)17-15-27(35(44)46-4-2)39-34(43)28(18-23-8-6-5-7-9-23)38-20-25-12-16-29-30(19-25)47-22-31(41)40(29)21-24-10-13-26(14-11-24)33(36)37;1-2(3)4/h5-14,16,19,27-28,38H,3-4,15,17-18,20-22H2,1-2H3,(H3,36,37)(H,39,43);1H3,(H,3,4)/t27-,28-;/m0./s1. The lowest BCUT2D eigenvalue weighted by molar-refractivity contribution is -0.149. The Morgan fingerprint density at radius 1 is 0.941 bits per heavy atom. The zero-order chi connectivity index (χ0) is 37.3. The van der Waals surface area contributed by atoms with Crippen molar-refractivity contribution in [1.82, 2.24) is 10.6 Å². The number of nitrogens with zero attached hydrogens (tertiary/aromatic N) is 1. The second-order valence-electron chi connectivity index (χ2n) is 11.5. The highest BCUT2D eigenvalue weighted by molar-refractivity contribution is 5.98. The van der Waals surface area contributed by atoms with E-state index in [9.17, 15) is 19.2 Å². The lowest BCUT2D eigenvalue weighted by Crippen LogP contribution is -2.51. The number of hydrogen-bond acceptors (Lipinski definition) is 10. The van der Waals surface area contributed by atoms with Gasteiger partial charge in [-0.2, -0.15) is 0 Å². The van der Waals surface area contributed by atoms with Crippen LogP contribution < -0.4 is 26.0 Å². The Kier molecular flexibility index (Phi) is 15.6. The third-order valence-electron chi connectivity index (χ3n) is 7.55.